The Labute approximate surface area is 155 Å². The molecule has 4 N–H and O–H groups in total. The van der Waals surface area contributed by atoms with Crippen LogP contribution in [0.4, 0.5) is 5.82 Å². The third-order valence-corrected chi connectivity index (χ3v) is 6.03. The fourth-order valence-corrected chi connectivity index (χ4v) is 4.68. The molecule has 7 nitrogen and oxygen atoms in total. The van der Waals surface area contributed by atoms with Gasteiger partial charge in [0.05, 0.1) is 21.9 Å². The van der Waals surface area contributed by atoms with E-state index in [4.69, 9.17) is 5.73 Å². The van der Waals surface area contributed by atoms with E-state index in [9.17, 15) is 9.59 Å². The number of rotatable bonds is 2. The van der Waals surface area contributed by atoms with E-state index >= 15 is 0 Å². The van der Waals surface area contributed by atoms with Crippen molar-refractivity contribution in [1.29, 1.82) is 0 Å². The summed E-state index contributed by atoms with van der Waals surface area (Å²) in [6.45, 7) is 2.23. The second-order valence-electron chi connectivity index (χ2n) is 7.59. The number of nitrogens with zero attached hydrogens (tertiary/aromatic N) is 2. The fraction of sp³-hybridized carbons (Fsp3) is 0.350. The van der Waals surface area contributed by atoms with Gasteiger partial charge in [-0.3, -0.25) is 9.59 Å². The number of pyridine rings is 1. The molecular weight excluding hydrogens is 342 g/mol. The molecule has 0 saturated carbocycles. The molecule has 0 unspecified atom stereocenters. The van der Waals surface area contributed by atoms with E-state index in [0.717, 1.165) is 54.5 Å². The predicted molar refractivity (Wildman–Crippen MR) is 104 cm³/mol. The number of primary amides is 1. The Morgan fingerprint density at radius 2 is 2.11 bits per heavy atom. The van der Waals surface area contributed by atoms with Crippen LogP contribution in [0, 0.1) is 5.41 Å². The Balaban J connectivity index is 1.70. The maximum atomic E-state index is 12.5. The molecule has 2 saturated heterocycles. The normalized spacial score (nSPS) is 22.7. The molecule has 7 heteroatoms. The zero-order chi connectivity index (χ0) is 18.6. The zero-order valence-corrected chi connectivity index (χ0v) is 14.9. The van der Waals surface area contributed by atoms with E-state index in [0.29, 0.717) is 17.6 Å². The van der Waals surface area contributed by atoms with Crippen LogP contribution in [0.1, 0.15) is 29.6 Å². The summed E-state index contributed by atoms with van der Waals surface area (Å²) < 4.78 is 0. The van der Waals surface area contributed by atoms with Gasteiger partial charge in [-0.2, -0.15) is 0 Å². The minimum Gasteiger partial charge on any atom is -0.365 e. The topological polar surface area (TPSA) is 104 Å². The van der Waals surface area contributed by atoms with Gasteiger partial charge in [0.1, 0.15) is 5.82 Å². The van der Waals surface area contributed by atoms with Gasteiger partial charge in [0.25, 0.3) is 5.91 Å². The van der Waals surface area contributed by atoms with Crippen molar-refractivity contribution in [3.8, 4) is 0 Å². The van der Waals surface area contributed by atoms with Gasteiger partial charge < -0.3 is 20.9 Å². The van der Waals surface area contributed by atoms with Gasteiger partial charge in [0, 0.05) is 36.7 Å². The van der Waals surface area contributed by atoms with Crippen molar-refractivity contribution in [1.82, 2.24) is 15.3 Å². The van der Waals surface area contributed by atoms with Crippen molar-refractivity contribution in [2.24, 2.45) is 11.1 Å². The molecule has 2 amide bonds. The number of aromatic nitrogens is 2. The lowest BCUT2D eigenvalue weighted by Crippen LogP contribution is -2.47. The number of fused-ring (bicyclic) bond motifs is 3. The summed E-state index contributed by atoms with van der Waals surface area (Å²) in [7, 11) is 0. The molecule has 4 heterocycles. The number of hydrogen-bond acceptors (Lipinski definition) is 4. The van der Waals surface area contributed by atoms with Crippen molar-refractivity contribution in [2.45, 2.75) is 19.3 Å². The molecule has 3 aromatic rings. The first-order chi connectivity index (χ1) is 13.1. The highest BCUT2D eigenvalue weighted by Crippen LogP contribution is 2.41. The van der Waals surface area contributed by atoms with E-state index in [1.54, 1.807) is 6.20 Å². The number of nitrogens with two attached hydrogens (primary N) is 1. The van der Waals surface area contributed by atoms with Crippen molar-refractivity contribution in [2.75, 3.05) is 24.5 Å². The van der Waals surface area contributed by atoms with Crippen molar-refractivity contribution in [3.63, 3.8) is 0 Å². The van der Waals surface area contributed by atoms with Crippen LogP contribution >= 0.6 is 0 Å². The van der Waals surface area contributed by atoms with Crippen molar-refractivity contribution >= 4 is 39.4 Å². The van der Waals surface area contributed by atoms with Crippen LogP contribution in [0.25, 0.3) is 21.8 Å². The van der Waals surface area contributed by atoms with E-state index in [-0.39, 0.29) is 11.3 Å². The summed E-state index contributed by atoms with van der Waals surface area (Å²) in [5.74, 6) is 0.457. The third-order valence-electron chi connectivity index (χ3n) is 6.03. The molecule has 0 aliphatic carbocycles. The first-order valence-corrected chi connectivity index (χ1v) is 9.32. The number of para-hydroxylation sites is 1. The van der Waals surface area contributed by atoms with Gasteiger partial charge in [0.15, 0.2) is 0 Å². The van der Waals surface area contributed by atoms with Gasteiger partial charge in [-0.1, -0.05) is 18.2 Å². The zero-order valence-electron chi connectivity index (χ0n) is 14.9. The number of nitrogens with one attached hydrogen (secondary N) is 2. The van der Waals surface area contributed by atoms with E-state index in [1.165, 1.54) is 0 Å². The number of anilines is 1. The van der Waals surface area contributed by atoms with Gasteiger partial charge in [-0.25, -0.2) is 4.98 Å². The summed E-state index contributed by atoms with van der Waals surface area (Å²) >= 11 is 0. The average Bonchev–Trinajstić information content (AvgIpc) is 3.22. The smallest absolute Gasteiger partial charge is 0.252 e. The third kappa shape index (κ3) is 2.31. The number of carbonyl (C=O) groups is 2. The Morgan fingerprint density at radius 1 is 1.26 bits per heavy atom. The van der Waals surface area contributed by atoms with Crippen LogP contribution in [-0.4, -0.2) is 41.4 Å². The number of H-pyrrole nitrogens is 1. The lowest BCUT2D eigenvalue weighted by molar-refractivity contribution is -0.128. The van der Waals surface area contributed by atoms with E-state index in [2.05, 4.69) is 20.2 Å². The lowest BCUT2D eigenvalue weighted by Gasteiger charge is -2.39. The average molecular weight is 363 g/mol. The first kappa shape index (κ1) is 16.1. The summed E-state index contributed by atoms with van der Waals surface area (Å²) in [5, 5.41) is 4.89. The van der Waals surface area contributed by atoms with Crippen LogP contribution in [0.15, 0.2) is 30.5 Å². The van der Waals surface area contributed by atoms with Gasteiger partial charge in [-0.05, 0) is 25.3 Å². The van der Waals surface area contributed by atoms with Crippen LogP contribution < -0.4 is 16.0 Å². The second-order valence-corrected chi connectivity index (χ2v) is 7.59. The van der Waals surface area contributed by atoms with Gasteiger partial charge >= 0.3 is 0 Å². The highest BCUT2D eigenvalue weighted by Gasteiger charge is 2.45. The molecule has 27 heavy (non-hydrogen) atoms. The number of hydrogen-bond donors (Lipinski definition) is 3. The van der Waals surface area contributed by atoms with Crippen LogP contribution in [-0.2, 0) is 4.79 Å². The molecule has 1 spiro atoms. The summed E-state index contributed by atoms with van der Waals surface area (Å²) in [6, 6.07) is 7.92. The Morgan fingerprint density at radius 3 is 2.89 bits per heavy atom. The van der Waals surface area contributed by atoms with Gasteiger partial charge in [0.2, 0.25) is 5.91 Å². The Hall–Kier alpha value is -3.09. The molecule has 1 aromatic carbocycles. The van der Waals surface area contributed by atoms with Crippen LogP contribution in [0.3, 0.4) is 0 Å². The summed E-state index contributed by atoms with van der Waals surface area (Å²) in [4.78, 5) is 34.5. The molecular formula is C20H21N5O2. The minimum absolute atomic E-state index is 0.149. The quantitative estimate of drug-likeness (QED) is 0.647. The number of amides is 2. The Kier molecular flexibility index (Phi) is 3.40. The van der Waals surface area contributed by atoms with Gasteiger partial charge in [-0.15, -0.1) is 0 Å². The molecule has 2 aliphatic heterocycles. The molecule has 2 aromatic heterocycles. The minimum atomic E-state index is -0.504. The fourth-order valence-electron chi connectivity index (χ4n) is 4.68. The van der Waals surface area contributed by atoms with Crippen LogP contribution in [0.2, 0.25) is 0 Å². The second kappa shape index (κ2) is 5.70. The van der Waals surface area contributed by atoms with Crippen molar-refractivity contribution < 1.29 is 9.59 Å². The molecule has 0 radical (unpaired) electrons. The SMILES string of the molecule is NC(=O)c1cnc(N2CCC[C@]3(CCNC3=O)C2)c2c1[nH]c1ccccc12. The highest BCUT2D eigenvalue weighted by atomic mass is 16.2. The predicted octanol–water partition coefficient (Wildman–Crippen LogP) is 1.92. The van der Waals surface area contributed by atoms with E-state index in [1.807, 2.05) is 24.3 Å². The first-order valence-electron chi connectivity index (χ1n) is 9.32. The molecule has 2 aliphatic rings. The monoisotopic (exact) mass is 363 g/mol. The molecule has 0 bridgehead atoms. The standard InChI is InChI=1S/C20H21N5O2/c21-17(26)13-10-23-18(15-12-4-1-2-5-14(12)24-16(13)15)25-9-3-6-20(11-25)7-8-22-19(20)27/h1-2,4-5,10,24H,3,6-9,11H2,(H2,21,26)(H,22,27)/t20-/m0/s1. The van der Waals surface area contributed by atoms with Crippen molar-refractivity contribution in [3.05, 3.63) is 36.0 Å². The van der Waals surface area contributed by atoms with E-state index < -0.39 is 5.91 Å². The molecule has 138 valence electrons. The maximum absolute atomic E-state index is 12.5. The largest absolute Gasteiger partial charge is 0.365 e. The number of piperidine rings is 1. The number of benzene rings is 1. The number of carbonyl (C=O) groups excluding carboxylic acids is 2. The Bertz CT molecular complexity index is 1090. The molecule has 5 rings (SSSR count). The number of aromatic amines is 1. The molecule has 2 fully saturated rings. The maximum Gasteiger partial charge on any atom is 0.252 e. The van der Waals surface area contributed by atoms with Crippen LogP contribution in [0.5, 0.6) is 0 Å². The molecule has 1 atom stereocenters. The summed E-state index contributed by atoms with van der Waals surface area (Å²) in [6.07, 6.45) is 4.26. The highest BCUT2D eigenvalue weighted by molar-refractivity contribution is 6.18. The summed E-state index contributed by atoms with van der Waals surface area (Å²) in [5.41, 5.74) is 7.28. The lowest BCUT2D eigenvalue weighted by atomic mass is 9.78.